The highest BCUT2D eigenvalue weighted by Gasteiger charge is 2.22. The fourth-order valence-electron chi connectivity index (χ4n) is 8.33. The maximum Gasteiger partial charge on any atom is 0.165 e. The van der Waals surface area contributed by atoms with Crippen molar-refractivity contribution in [1.82, 2.24) is 14.5 Å². The van der Waals surface area contributed by atoms with Crippen LogP contribution in [0.25, 0.3) is 105 Å². The summed E-state index contributed by atoms with van der Waals surface area (Å²) in [5, 5.41) is 7.35. The van der Waals surface area contributed by atoms with Crippen LogP contribution >= 0.6 is 0 Å². The van der Waals surface area contributed by atoms with Crippen LogP contribution in [0.5, 0.6) is 0 Å². The van der Waals surface area contributed by atoms with E-state index in [1.807, 2.05) is 12.1 Å². The van der Waals surface area contributed by atoms with Gasteiger partial charge in [-0.3, -0.25) is 4.57 Å². The Morgan fingerprint density at radius 1 is 0.309 bits per heavy atom. The van der Waals surface area contributed by atoms with E-state index in [4.69, 9.17) is 9.97 Å². The molecule has 0 radical (unpaired) electrons. The first kappa shape index (κ1) is 31.2. The second kappa shape index (κ2) is 12.6. The quantitative estimate of drug-likeness (QED) is 0.179. The van der Waals surface area contributed by atoms with Gasteiger partial charge in [0.2, 0.25) is 0 Å². The molecular formula is C52H33N3. The molecule has 11 aromatic rings. The number of nitrogens with zero attached hydrogens (tertiary/aromatic N) is 3. The van der Waals surface area contributed by atoms with Gasteiger partial charge in [-0.1, -0.05) is 158 Å². The van der Waals surface area contributed by atoms with Crippen LogP contribution in [-0.2, 0) is 0 Å². The first-order valence-corrected chi connectivity index (χ1v) is 18.7. The molecule has 0 aliphatic heterocycles. The second-order valence-electron chi connectivity index (χ2n) is 14.2. The molecule has 0 unspecified atom stereocenters. The molecule has 0 saturated carbocycles. The summed E-state index contributed by atoms with van der Waals surface area (Å²) in [5.41, 5.74) is 12.9. The van der Waals surface area contributed by atoms with Gasteiger partial charge in [0.15, 0.2) is 5.82 Å². The van der Waals surface area contributed by atoms with Gasteiger partial charge in [0.25, 0.3) is 0 Å². The lowest BCUT2D eigenvalue weighted by atomic mass is 9.93. The summed E-state index contributed by atoms with van der Waals surface area (Å²) in [7, 11) is 0. The highest BCUT2D eigenvalue weighted by Crippen LogP contribution is 2.42. The molecule has 55 heavy (non-hydrogen) atoms. The summed E-state index contributed by atoms with van der Waals surface area (Å²) in [6.45, 7) is 0. The number of aromatic nitrogens is 3. The van der Waals surface area contributed by atoms with E-state index in [1.165, 1.54) is 54.6 Å². The highest BCUT2D eigenvalue weighted by atomic mass is 15.1. The maximum atomic E-state index is 5.43. The Balaban J connectivity index is 1.14. The molecule has 2 aromatic heterocycles. The third-order valence-electron chi connectivity index (χ3n) is 10.9. The Hall–Kier alpha value is -7.36. The number of fused-ring (bicyclic) bond motifs is 8. The largest absolute Gasteiger partial charge is 0.292 e. The van der Waals surface area contributed by atoms with Crippen molar-refractivity contribution in [3.8, 4) is 50.5 Å². The van der Waals surface area contributed by atoms with Crippen LogP contribution < -0.4 is 0 Å². The minimum Gasteiger partial charge on any atom is -0.292 e. The van der Waals surface area contributed by atoms with Crippen LogP contribution in [-0.4, -0.2) is 14.5 Å². The van der Waals surface area contributed by atoms with Crippen molar-refractivity contribution in [3.63, 3.8) is 0 Å². The zero-order valence-corrected chi connectivity index (χ0v) is 29.9. The summed E-state index contributed by atoms with van der Waals surface area (Å²) in [6, 6.07) is 71.5. The van der Waals surface area contributed by atoms with Gasteiger partial charge >= 0.3 is 0 Å². The van der Waals surface area contributed by atoms with Crippen molar-refractivity contribution in [2.24, 2.45) is 0 Å². The SMILES string of the molecule is c1ccc(-c2cc(-c3ccccc3)cc(-c3ccc(-c4nc5ccccc5nc4-n4c5ccc6ccccc6c5c5c6ccccc6ccc54)cc3)c2)cc1. The van der Waals surface area contributed by atoms with Crippen LogP contribution in [0.4, 0.5) is 0 Å². The summed E-state index contributed by atoms with van der Waals surface area (Å²) in [4.78, 5) is 10.8. The molecule has 11 rings (SSSR count). The average molecular weight is 700 g/mol. The fraction of sp³-hybridized carbons (Fsp3) is 0. The lowest BCUT2D eigenvalue weighted by molar-refractivity contribution is 1.08. The Bertz CT molecular complexity index is 3080. The van der Waals surface area contributed by atoms with Crippen molar-refractivity contribution >= 4 is 54.4 Å². The molecule has 0 atom stereocenters. The molecule has 3 nitrogen and oxygen atoms in total. The molecule has 0 N–H and O–H groups in total. The van der Waals surface area contributed by atoms with Gasteiger partial charge in [-0.25, -0.2) is 9.97 Å². The van der Waals surface area contributed by atoms with Gasteiger partial charge in [-0.05, 0) is 97.4 Å². The normalized spacial score (nSPS) is 11.6. The standard InChI is InChI=1S/C52H33N3/c1-3-13-34(14-4-1)40-31-41(35-15-5-2-6-16-35)33-42(32-40)36-23-25-39(26-24-36)51-52(54-46-22-12-11-21-45(46)53-51)55-47-29-27-37-17-7-9-19-43(37)49(47)50-44-20-10-8-18-38(44)28-30-48(50)55/h1-33H. The first-order valence-electron chi connectivity index (χ1n) is 18.7. The molecule has 3 heteroatoms. The third kappa shape index (κ3) is 5.20. The minimum absolute atomic E-state index is 0.814. The molecule has 0 fully saturated rings. The summed E-state index contributed by atoms with van der Waals surface area (Å²) in [6.07, 6.45) is 0. The number of hydrogen-bond acceptors (Lipinski definition) is 2. The Kier molecular flexibility index (Phi) is 7.17. The van der Waals surface area contributed by atoms with Gasteiger partial charge in [0.1, 0.15) is 5.69 Å². The average Bonchev–Trinajstić information content (AvgIpc) is 3.62. The van der Waals surface area contributed by atoms with Gasteiger partial charge in [-0.2, -0.15) is 0 Å². The van der Waals surface area contributed by atoms with Crippen LogP contribution in [0.1, 0.15) is 0 Å². The third-order valence-corrected chi connectivity index (χ3v) is 10.9. The predicted molar refractivity (Wildman–Crippen MR) is 231 cm³/mol. The topological polar surface area (TPSA) is 30.7 Å². The molecule has 0 bridgehead atoms. The molecule has 2 heterocycles. The maximum absolute atomic E-state index is 5.43. The predicted octanol–water partition coefficient (Wildman–Crippen LogP) is 13.7. The molecule has 9 aromatic carbocycles. The van der Waals surface area contributed by atoms with Crippen LogP contribution in [0.3, 0.4) is 0 Å². The van der Waals surface area contributed by atoms with Crippen LogP contribution in [0, 0.1) is 0 Å². The van der Waals surface area contributed by atoms with E-state index in [9.17, 15) is 0 Å². The molecular weight excluding hydrogens is 667 g/mol. The number of benzene rings is 9. The zero-order valence-electron chi connectivity index (χ0n) is 29.9. The van der Waals surface area contributed by atoms with Crippen LogP contribution in [0.2, 0.25) is 0 Å². The Labute approximate surface area is 318 Å². The fourth-order valence-corrected chi connectivity index (χ4v) is 8.33. The number of hydrogen-bond donors (Lipinski definition) is 0. The van der Waals surface area contributed by atoms with E-state index >= 15 is 0 Å². The highest BCUT2D eigenvalue weighted by molar-refractivity contribution is 6.28. The minimum atomic E-state index is 0.814. The monoisotopic (exact) mass is 699 g/mol. The van der Waals surface area contributed by atoms with Crippen molar-refractivity contribution < 1.29 is 0 Å². The van der Waals surface area contributed by atoms with Crippen molar-refractivity contribution in [2.45, 2.75) is 0 Å². The first-order chi connectivity index (χ1) is 27.3. The van der Waals surface area contributed by atoms with Gasteiger partial charge in [0, 0.05) is 16.3 Å². The second-order valence-corrected chi connectivity index (χ2v) is 14.2. The van der Waals surface area contributed by atoms with E-state index < -0.39 is 0 Å². The number of rotatable bonds is 5. The van der Waals surface area contributed by atoms with E-state index in [0.29, 0.717) is 0 Å². The van der Waals surface area contributed by atoms with Gasteiger partial charge < -0.3 is 0 Å². The molecule has 0 amide bonds. The van der Waals surface area contributed by atoms with Gasteiger partial charge in [0.05, 0.1) is 22.1 Å². The van der Waals surface area contributed by atoms with Crippen molar-refractivity contribution in [2.75, 3.05) is 0 Å². The van der Waals surface area contributed by atoms with E-state index in [1.54, 1.807) is 0 Å². The smallest absolute Gasteiger partial charge is 0.165 e. The zero-order chi connectivity index (χ0) is 36.3. The Morgan fingerprint density at radius 3 is 1.25 bits per heavy atom. The lowest BCUT2D eigenvalue weighted by Crippen LogP contribution is -2.03. The lowest BCUT2D eigenvalue weighted by Gasteiger charge is -2.15. The Morgan fingerprint density at radius 2 is 0.727 bits per heavy atom. The summed E-state index contributed by atoms with van der Waals surface area (Å²) < 4.78 is 2.34. The van der Waals surface area contributed by atoms with Gasteiger partial charge in [-0.15, -0.1) is 0 Å². The molecule has 0 spiro atoms. The van der Waals surface area contributed by atoms with E-state index in [2.05, 4.69) is 193 Å². The van der Waals surface area contributed by atoms with Crippen molar-refractivity contribution in [3.05, 3.63) is 200 Å². The molecule has 0 aliphatic carbocycles. The van der Waals surface area contributed by atoms with Crippen molar-refractivity contribution in [1.29, 1.82) is 0 Å². The number of para-hydroxylation sites is 2. The van der Waals surface area contributed by atoms with E-state index in [0.717, 1.165) is 50.3 Å². The summed E-state index contributed by atoms with van der Waals surface area (Å²) >= 11 is 0. The van der Waals surface area contributed by atoms with E-state index in [-0.39, 0.29) is 0 Å². The summed E-state index contributed by atoms with van der Waals surface area (Å²) in [5.74, 6) is 0.814. The molecule has 256 valence electrons. The molecule has 0 aliphatic rings. The van der Waals surface area contributed by atoms with Crippen LogP contribution in [0.15, 0.2) is 200 Å². The molecule has 0 saturated heterocycles.